The number of rotatable bonds is 2. The van der Waals surface area contributed by atoms with Gasteiger partial charge in [-0.25, -0.2) is 4.39 Å². The van der Waals surface area contributed by atoms with Crippen LogP contribution in [0.2, 0.25) is 0 Å². The number of hydrogen-bond acceptors (Lipinski definition) is 2. The molecule has 0 aliphatic carbocycles. The summed E-state index contributed by atoms with van der Waals surface area (Å²) in [5, 5.41) is 3.65. The van der Waals surface area contributed by atoms with Gasteiger partial charge in [0, 0.05) is 24.7 Å². The maximum atomic E-state index is 14.1. The first kappa shape index (κ1) is 16.3. The van der Waals surface area contributed by atoms with Crippen molar-refractivity contribution in [3.05, 3.63) is 59.9 Å². The number of nitrogens with one attached hydrogen (secondary N) is 1. The summed E-state index contributed by atoms with van der Waals surface area (Å²) >= 11 is 0. The molecule has 4 rings (SSSR count). The molecule has 2 aromatic rings. The van der Waals surface area contributed by atoms with Gasteiger partial charge in [-0.05, 0) is 49.4 Å². The number of hydrogen-bond donors (Lipinski definition) is 1. The van der Waals surface area contributed by atoms with E-state index in [4.69, 9.17) is 0 Å². The highest BCUT2D eigenvalue weighted by atomic mass is 19.1. The molecule has 1 amide bonds. The highest BCUT2D eigenvalue weighted by Gasteiger charge is 2.54. The van der Waals surface area contributed by atoms with Crippen LogP contribution in [0.3, 0.4) is 0 Å². The summed E-state index contributed by atoms with van der Waals surface area (Å²) in [6.07, 6.45) is 2.59. The molecule has 4 heteroatoms. The van der Waals surface area contributed by atoms with E-state index < -0.39 is 5.54 Å². The summed E-state index contributed by atoms with van der Waals surface area (Å²) < 4.78 is 14.1. The fourth-order valence-corrected chi connectivity index (χ4v) is 4.34. The third kappa shape index (κ3) is 2.56. The Labute approximate surface area is 147 Å². The zero-order valence-corrected chi connectivity index (χ0v) is 14.7. The first-order valence-electron chi connectivity index (χ1n) is 8.84. The molecule has 130 valence electrons. The van der Waals surface area contributed by atoms with Crippen molar-refractivity contribution in [1.29, 1.82) is 0 Å². The minimum absolute atomic E-state index is 0.196. The predicted octanol–water partition coefficient (Wildman–Crippen LogP) is 3.69. The number of amides is 1. The molecule has 2 aliphatic heterocycles. The summed E-state index contributed by atoms with van der Waals surface area (Å²) in [7, 11) is 1.87. The van der Waals surface area contributed by atoms with Crippen LogP contribution in [0.15, 0.2) is 48.5 Å². The van der Waals surface area contributed by atoms with Crippen LogP contribution >= 0.6 is 0 Å². The van der Waals surface area contributed by atoms with E-state index in [-0.39, 0.29) is 17.3 Å². The zero-order chi connectivity index (χ0) is 17.7. The fourth-order valence-electron chi connectivity index (χ4n) is 4.34. The monoisotopic (exact) mass is 338 g/mol. The molecule has 1 spiro atoms. The van der Waals surface area contributed by atoms with Gasteiger partial charge < -0.3 is 4.90 Å². The number of nitrogens with zero attached hydrogens (tertiary/aromatic N) is 1. The maximum Gasteiger partial charge on any atom is 0.242 e. The Kier molecular flexibility index (Phi) is 3.69. The molecule has 0 radical (unpaired) electrons. The van der Waals surface area contributed by atoms with Crippen LogP contribution in [0, 0.1) is 5.82 Å². The zero-order valence-electron chi connectivity index (χ0n) is 14.7. The van der Waals surface area contributed by atoms with E-state index in [9.17, 15) is 9.18 Å². The number of carbonyl (C=O) groups excluding carboxylic acids is 1. The number of likely N-dealkylation sites (tertiary alicyclic amines) is 1. The van der Waals surface area contributed by atoms with E-state index in [1.165, 1.54) is 6.07 Å². The molecular formula is C21H23FN2O. The third-order valence-electron chi connectivity index (χ3n) is 5.88. The highest BCUT2D eigenvalue weighted by molar-refractivity contribution is 5.89. The highest BCUT2D eigenvalue weighted by Crippen LogP contribution is 2.43. The van der Waals surface area contributed by atoms with Crippen LogP contribution in [0.4, 0.5) is 4.39 Å². The Bertz CT molecular complexity index is 836. The molecule has 0 unspecified atom stereocenters. The van der Waals surface area contributed by atoms with Crippen molar-refractivity contribution in [3.63, 3.8) is 0 Å². The molecule has 2 aromatic carbocycles. The second-order valence-corrected chi connectivity index (χ2v) is 7.58. The molecule has 0 aromatic heterocycles. The summed E-state index contributed by atoms with van der Waals surface area (Å²) in [5.74, 6) is -0.0188. The van der Waals surface area contributed by atoms with Gasteiger partial charge >= 0.3 is 0 Å². The summed E-state index contributed by atoms with van der Waals surface area (Å²) in [6, 6.07) is 14.9. The molecule has 2 aliphatic rings. The van der Waals surface area contributed by atoms with Crippen LogP contribution in [-0.2, 0) is 10.3 Å². The van der Waals surface area contributed by atoms with Crippen LogP contribution in [0.5, 0.6) is 0 Å². The van der Waals surface area contributed by atoms with Crippen molar-refractivity contribution in [1.82, 2.24) is 10.2 Å². The van der Waals surface area contributed by atoms with Gasteiger partial charge in [-0.1, -0.05) is 36.4 Å². The van der Waals surface area contributed by atoms with Crippen molar-refractivity contribution >= 4 is 5.91 Å². The lowest BCUT2D eigenvalue weighted by molar-refractivity contribution is -0.131. The quantitative estimate of drug-likeness (QED) is 0.906. The first-order valence-corrected chi connectivity index (χ1v) is 8.84. The van der Waals surface area contributed by atoms with E-state index >= 15 is 0 Å². The lowest BCUT2D eigenvalue weighted by atomic mass is 9.88. The summed E-state index contributed by atoms with van der Waals surface area (Å²) in [6.45, 7) is 2.95. The summed E-state index contributed by atoms with van der Waals surface area (Å²) in [4.78, 5) is 14.4. The van der Waals surface area contributed by atoms with Gasteiger partial charge in [0.1, 0.15) is 11.4 Å². The maximum absolute atomic E-state index is 14.1. The fraction of sp³-hybridized carbons (Fsp3) is 0.381. The largest absolute Gasteiger partial charge is 0.344 e. The lowest BCUT2D eigenvalue weighted by Gasteiger charge is -2.31. The van der Waals surface area contributed by atoms with Crippen molar-refractivity contribution < 1.29 is 9.18 Å². The second-order valence-electron chi connectivity index (χ2n) is 7.58. The number of likely N-dealkylation sites (N-methyl/N-ethyl adjacent to an activating group) is 1. The Morgan fingerprint density at radius 2 is 1.88 bits per heavy atom. The molecule has 2 fully saturated rings. The summed E-state index contributed by atoms with van der Waals surface area (Å²) in [5.41, 5.74) is 1.87. The topological polar surface area (TPSA) is 32.3 Å². The SMILES string of the molecule is CN1CC[C@]2(CC[C@](C)(c3cccc(-c4ccccc4F)c3)N2)C1=O. The molecule has 25 heavy (non-hydrogen) atoms. The van der Waals surface area contributed by atoms with Crippen LogP contribution in [-0.4, -0.2) is 29.9 Å². The smallest absolute Gasteiger partial charge is 0.242 e. The molecule has 2 saturated heterocycles. The molecule has 0 saturated carbocycles. The van der Waals surface area contributed by atoms with Gasteiger partial charge in [-0.15, -0.1) is 0 Å². The van der Waals surface area contributed by atoms with Crippen molar-refractivity contribution in [2.24, 2.45) is 0 Å². The van der Waals surface area contributed by atoms with E-state index in [0.29, 0.717) is 5.56 Å². The number of benzene rings is 2. The molecule has 0 bridgehead atoms. The Balaban J connectivity index is 1.68. The predicted molar refractivity (Wildman–Crippen MR) is 96.5 cm³/mol. The van der Waals surface area contributed by atoms with Crippen LogP contribution < -0.4 is 5.32 Å². The van der Waals surface area contributed by atoms with E-state index in [1.54, 1.807) is 12.1 Å². The van der Waals surface area contributed by atoms with Gasteiger partial charge in [0.05, 0.1) is 0 Å². The molecule has 3 nitrogen and oxygen atoms in total. The average molecular weight is 338 g/mol. The Hall–Kier alpha value is -2.20. The molecule has 2 heterocycles. The minimum atomic E-state index is -0.433. The van der Waals surface area contributed by atoms with Gasteiger partial charge in [0.15, 0.2) is 0 Å². The molecule has 2 atom stereocenters. The van der Waals surface area contributed by atoms with Crippen LogP contribution in [0.25, 0.3) is 11.1 Å². The van der Waals surface area contributed by atoms with Gasteiger partial charge in [-0.3, -0.25) is 10.1 Å². The third-order valence-corrected chi connectivity index (χ3v) is 5.88. The van der Waals surface area contributed by atoms with Gasteiger partial charge in [-0.2, -0.15) is 0 Å². The van der Waals surface area contributed by atoms with Crippen molar-refractivity contribution in [2.75, 3.05) is 13.6 Å². The Morgan fingerprint density at radius 1 is 1.08 bits per heavy atom. The van der Waals surface area contributed by atoms with E-state index in [0.717, 1.165) is 36.9 Å². The normalized spacial score (nSPS) is 28.9. The number of halogens is 1. The second kappa shape index (κ2) is 5.67. The first-order chi connectivity index (χ1) is 11.9. The van der Waals surface area contributed by atoms with Crippen molar-refractivity contribution in [3.8, 4) is 11.1 Å². The van der Waals surface area contributed by atoms with Crippen LogP contribution in [0.1, 0.15) is 31.7 Å². The standard InChI is InChI=1S/C21H23FN2O/c1-20(10-11-21(23-20)12-13-24(2)19(21)25)16-7-5-6-15(14-16)17-8-3-4-9-18(17)22/h3-9,14,23H,10-13H2,1-2H3/t20-,21-/m1/s1. The number of carbonyl (C=O) groups is 1. The minimum Gasteiger partial charge on any atom is -0.344 e. The average Bonchev–Trinajstić information content (AvgIpc) is 3.11. The lowest BCUT2D eigenvalue weighted by Crippen LogP contribution is -2.52. The van der Waals surface area contributed by atoms with Gasteiger partial charge in [0.25, 0.3) is 0 Å². The van der Waals surface area contributed by atoms with E-state index in [2.05, 4.69) is 18.3 Å². The van der Waals surface area contributed by atoms with Gasteiger partial charge in [0.2, 0.25) is 5.91 Å². The molecular weight excluding hydrogens is 315 g/mol. The molecule has 1 N–H and O–H groups in total. The van der Waals surface area contributed by atoms with E-state index in [1.807, 2.05) is 36.2 Å². The van der Waals surface area contributed by atoms with Crippen molar-refractivity contribution in [2.45, 2.75) is 37.3 Å². The Morgan fingerprint density at radius 3 is 2.60 bits per heavy atom.